The van der Waals surface area contributed by atoms with Crippen LogP contribution < -0.4 is 0 Å². The van der Waals surface area contributed by atoms with Crippen molar-refractivity contribution in [3.8, 4) is 0 Å². The van der Waals surface area contributed by atoms with E-state index in [9.17, 15) is 5.11 Å². The van der Waals surface area contributed by atoms with Crippen molar-refractivity contribution in [3.05, 3.63) is 71.8 Å². The summed E-state index contributed by atoms with van der Waals surface area (Å²) in [6, 6.07) is 21.3. The van der Waals surface area contributed by atoms with Crippen LogP contribution in [0.2, 0.25) is 0 Å². The molecule has 0 bridgehead atoms. The van der Waals surface area contributed by atoms with Crippen molar-refractivity contribution in [2.45, 2.75) is 37.7 Å². The van der Waals surface area contributed by atoms with Gasteiger partial charge in [-0.15, -0.1) is 0 Å². The Bertz CT molecular complexity index is 526. The van der Waals surface area contributed by atoms with Crippen LogP contribution in [0.1, 0.15) is 37.8 Å². The molecule has 1 fully saturated rings. The lowest BCUT2D eigenvalue weighted by atomic mass is 9.83. The second-order valence-electron chi connectivity index (χ2n) is 6.57. The summed E-state index contributed by atoms with van der Waals surface area (Å²) < 4.78 is 0. The minimum absolute atomic E-state index is 0.0597. The van der Waals surface area contributed by atoms with Gasteiger partial charge < -0.3 is 0 Å². The molecule has 0 saturated heterocycles. The maximum absolute atomic E-state index is 12.1. The summed E-state index contributed by atoms with van der Waals surface area (Å²) in [6.45, 7) is 3.60. The summed E-state index contributed by atoms with van der Waals surface area (Å²) in [5.41, 5.74) is 1.90. The molecule has 0 N–H and O–H groups in total. The van der Waals surface area contributed by atoms with Gasteiger partial charge >= 0.3 is 0 Å². The summed E-state index contributed by atoms with van der Waals surface area (Å²) in [6.07, 6.45) is 1.82. The predicted octanol–water partition coefficient (Wildman–Crippen LogP) is 4.59. The first kappa shape index (κ1) is 13.4. The van der Waals surface area contributed by atoms with Crippen LogP contribution in [-0.2, 0) is 10.5 Å². The van der Waals surface area contributed by atoms with Crippen LogP contribution in [0.5, 0.6) is 0 Å². The Morgan fingerprint density at radius 3 is 1.80 bits per heavy atom. The summed E-state index contributed by atoms with van der Waals surface area (Å²) in [7, 11) is 0. The number of hydrogen-bond acceptors (Lipinski definition) is 0. The molecule has 1 nitrogen and oxygen atoms in total. The van der Waals surface area contributed by atoms with Crippen LogP contribution >= 0.6 is 0 Å². The van der Waals surface area contributed by atoms with Crippen LogP contribution in [0.25, 0.3) is 0 Å². The molecule has 1 unspecified atom stereocenters. The van der Waals surface area contributed by atoms with Crippen LogP contribution in [0, 0.1) is 5.92 Å². The summed E-state index contributed by atoms with van der Waals surface area (Å²) >= 11 is 0. The molecule has 1 radical (unpaired) electrons. The van der Waals surface area contributed by atoms with Crippen molar-refractivity contribution < 1.29 is 5.11 Å². The molecule has 0 aromatic heterocycles. The molecule has 2 aromatic carbocycles. The van der Waals surface area contributed by atoms with Crippen LogP contribution in [-0.4, -0.2) is 5.60 Å². The van der Waals surface area contributed by atoms with Gasteiger partial charge in [-0.1, -0.05) is 60.7 Å². The van der Waals surface area contributed by atoms with Gasteiger partial charge in [0.15, 0.2) is 0 Å². The molecule has 0 aliphatic heterocycles. The van der Waals surface area contributed by atoms with E-state index in [0.717, 1.165) is 12.8 Å². The van der Waals surface area contributed by atoms with Crippen LogP contribution in [0.4, 0.5) is 0 Å². The summed E-state index contributed by atoms with van der Waals surface area (Å²) in [4.78, 5) is 0. The van der Waals surface area contributed by atoms with Crippen molar-refractivity contribution in [2.75, 3.05) is 0 Å². The molecule has 1 heteroatoms. The maximum atomic E-state index is 12.1. The lowest BCUT2D eigenvalue weighted by Crippen LogP contribution is -2.21. The molecule has 0 heterocycles. The van der Waals surface area contributed by atoms with E-state index in [4.69, 9.17) is 0 Å². The fourth-order valence-electron chi connectivity index (χ4n) is 3.51. The second kappa shape index (κ2) is 4.75. The maximum Gasteiger partial charge on any atom is 0.0983 e. The van der Waals surface area contributed by atoms with Gasteiger partial charge in [-0.3, -0.25) is 0 Å². The average Bonchev–Trinajstić information content (AvgIpc) is 3.14. The second-order valence-corrected chi connectivity index (χ2v) is 6.57. The summed E-state index contributed by atoms with van der Waals surface area (Å²) in [5, 5.41) is 12.1. The zero-order valence-electron chi connectivity index (χ0n) is 12.2. The van der Waals surface area contributed by atoms with Crippen molar-refractivity contribution in [3.63, 3.8) is 0 Å². The smallest absolute Gasteiger partial charge is 0.0983 e. The monoisotopic (exact) mass is 265 g/mol. The third kappa shape index (κ3) is 2.38. The van der Waals surface area contributed by atoms with Crippen molar-refractivity contribution in [1.82, 2.24) is 0 Å². The van der Waals surface area contributed by atoms with Gasteiger partial charge in [0.25, 0.3) is 0 Å². The fraction of sp³-hybridized carbons (Fsp3) is 0.368. The van der Waals surface area contributed by atoms with Gasteiger partial charge in [0, 0.05) is 5.41 Å². The van der Waals surface area contributed by atoms with Crippen molar-refractivity contribution >= 4 is 0 Å². The van der Waals surface area contributed by atoms with E-state index in [0.29, 0.717) is 5.92 Å². The van der Waals surface area contributed by atoms with E-state index in [-0.39, 0.29) is 5.41 Å². The third-order valence-corrected chi connectivity index (χ3v) is 4.42. The Balaban J connectivity index is 1.99. The van der Waals surface area contributed by atoms with Gasteiger partial charge in [-0.25, -0.2) is 5.11 Å². The number of rotatable bonds is 4. The standard InChI is InChI=1S/C19H21O/c1-18(2,20)13-17-14-19(17,15-9-5-3-6-10-15)16-11-7-4-8-12-16/h3-12,17H,13-14H2,1-2H3. The first-order valence-electron chi connectivity index (χ1n) is 7.34. The van der Waals surface area contributed by atoms with Crippen molar-refractivity contribution in [2.24, 2.45) is 5.92 Å². The Labute approximate surface area is 121 Å². The number of benzene rings is 2. The van der Waals surface area contributed by atoms with E-state index < -0.39 is 5.60 Å². The highest BCUT2D eigenvalue weighted by atomic mass is 16.3. The lowest BCUT2D eigenvalue weighted by Gasteiger charge is -2.22. The Morgan fingerprint density at radius 1 is 0.950 bits per heavy atom. The van der Waals surface area contributed by atoms with Gasteiger partial charge in [0.2, 0.25) is 0 Å². The van der Waals surface area contributed by atoms with Gasteiger partial charge in [0.1, 0.15) is 0 Å². The van der Waals surface area contributed by atoms with Crippen LogP contribution in [0.15, 0.2) is 60.7 Å². The highest BCUT2D eigenvalue weighted by Crippen LogP contribution is 2.61. The summed E-state index contributed by atoms with van der Waals surface area (Å²) in [5.74, 6) is 0.458. The average molecular weight is 265 g/mol. The Hall–Kier alpha value is -1.60. The van der Waals surface area contributed by atoms with E-state index >= 15 is 0 Å². The highest BCUT2D eigenvalue weighted by molar-refractivity contribution is 5.47. The molecule has 0 spiro atoms. The molecule has 2 aromatic rings. The molecule has 1 aliphatic carbocycles. The van der Waals surface area contributed by atoms with Crippen molar-refractivity contribution in [1.29, 1.82) is 0 Å². The lowest BCUT2D eigenvalue weighted by molar-refractivity contribution is -0.00893. The molecule has 103 valence electrons. The van der Waals surface area contributed by atoms with E-state index in [2.05, 4.69) is 60.7 Å². The molecule has 20 heavy (non-hydrogen) atoms. The zero-order chi connectivity index (χ0) is 14.2. The normalized spacial score (nSPS) is 20.6. The molecule has 1 atom stereocenters. The molecular weight excluding hydrogens is 244 g/mol. The van der Waals surface area contributed by atoms with Gasteiger partial charge in [-0.05, 0) is 43.7 Å². The quantitative estimate of drug-likeness (QED) is 0.770. The first-order valence-corrected chi connectivity index (χ1v) is 7.34. The van der Waals surface area contributed by atoms with Gasteiger partial charge in [0.05, 0.1) is 5.60 Å². The Kier molecular flexibility index (Phi) is 3.18. The van der Waals surface area contributed by atoms with E-state index in [1.807, 2.05) is 0 Å². The highest BCUT2D eigenvalue weighted by Gasteiger charge is 2.57. The van der Waals surface area contributed by atoms with Gasteiger partial charge in [-0.2, -0.15) is 0 Å². The molecule has 1 saturated carbocycles. The van der Waals surface area contributed by atoms with E-state index in [1.54, 1.807) is 13.8 Å². The molecular formula is C19H21O. The van der Waals surface area contributed by atoms with Crippen LogP contribution in [0.3, 0.4) is 0 Å². The number of hydrogen-bond donors (Lipinski definition) is 0. The SMILES string of the molecule is CC(C)([O])CC1CC1(c1ccccc1)c1ccccc1. The topological polar surface area (TPSA) is 19.9 Å². The first-order chi connectivity index (χ1) is 9.52. The molecule has 3 rings (SSSR count). The molecule has 1 aliphatic rings. The third-order valence-electron chi connectivity index (χ3n) is 4.42. The van der Waals surface area contributed by atoms with E-state index in [1.165, 1.54) is 11.1 Å². The Morgan fingerprint density at radius 2 is 1.40 bits per heavy atom. The zero-order valence-corrected chi connectivity index (χ0v) is 12.2. The minimum atomic E-state index is -0.851. The minimum Gasteiger partial charge on any atom is -0.230 e. The largest absolute Gasteiger partial charge is 0.230 e. The fourth-order valence-corrected chi connectivity index (χ4v) is 3.51. The molecule has 0 amide bonds. The predicted molar refractivity (Wildman–Crippen MR) is 81.2 cm³/mol.